The molecule has 8 heteroatoms. The summed E-state index contributed by atoms with van der Waals surface area (Å²) in [5.74, 6) is -0.426. The van der Waals surface area contributed by atoms with Gasteiger partial charge in [-0.05, 0) is 26.0 Å². The molecule has 0 aliphatic heterocycles. The van der Waals surface area contributed by atoms with E-state index in [0.29, 0.717) is 0 Å². The average Bonchev–Trinajstić information content (AvgIpc) is 3.12. The van der Waals surface area contributed by atoms with Gasteiger partial charge in [0.15, 0.2) is 5.82 Å². The van der Waals surface area contributed by atoms with Gasteiger partial charge in [-0.1, -0.05) is 17.2 Å². The molecule has 0 aliphatic rings. The number of benzene rings is 1. The zero-order valence-electron chi connectivity index (χ0n) is 14.0. The van der Waals surface area contributed by atoms with Crippen LogP contribution in [-0.4, -0.2) is 25.9 Å². The van der Waals surface area contributed by atoms with Gasteiger partial charge in [-0.15, -0.1) is 0 Å². The number of anilines is 1. The Balaban J connectivity index is 1.83. The van der Waals surface area contributed by atoms with E-state index in [-0.39, 0.29) is 11.4 Å². The second-order valence-electron chi connectivity index (χ2n) is 5.87. The van der Waals surface area contributed by atoms with Gasteiger partial charge in [0.25, 0.3) is 12.3 Å². The first-order chi connectivity index (χ1) is 11.8. The molecule has 0 fully saturated rings. The summed E-state index contributed by atoms with van der Waals surface area (Å²) < 4.78 is 27.1. The highest BCUT2D eigenvalue weighted by Crippen LogP contribution is 2.25. The van der Waals surface area contributed by atoms with Crippen LogP contribution in [0.3, 0.4) is 0 Å². The third-order valence-corrected chi connectivity index (χ3v) is 3.79. The fourth-order valence-corrected chi connectivity index (χ4v) is 2.73. The van der Waals surface area contributed by atoms with Crippen molar-refractivity contribution in [3.05, 3.63) is 52.8 Å². The van der Waals surface area contributed by atoms with Crippen LogP contribution in [-0.2, 0) is 7.05 Å². The maximum absolute atomic E-state index is 13.1. The topological polar surface area (TPSA) is 75.6 Å². The van der Waals surface area contributed by atoms with Crippen LogP contribution in [0.15, 0.2) is 30.5 Å². The van der Waals surface area contributed by atoms with Crippen LogP contribution in [0.2, 0.25) is 0 Å². The molecule has 0 atom stereocenters. The van der Waals surface area contributed by atoms with Crippen molar-refractivity contribution in [2.45, 2.75) is 20.3 Å². The van der Waals surface area contributed by atoms with Crippen molar-refractivity contribution in [1.29, 1.82) is 0 Å². The summed E-state index contributed by atoms with van der Waals surface area (Å²) in [6.45, 7) is 3.98. The Morgan fingerprint density at radius 2 is 1.88 bits per heavy atom. The summed E-state index contributed by atoms with van der Waals surface area (Å²) in [7, 11) is 1.37. The maximum atomic E-state index is 13.1. The van der Waals surface area contributed by atoms with Crippen molar-refractivity contribution in [3.63, 3.8) is 0 Å². The minimum Gasteiger partial charge on any atom is -0.305 e. The Morgan fingerprint density at radius 3 is 2.52 bits per heavy atom. The molecule has 2 N–H and O–H groups in total. The highest BCUT2D eigenvalue weighted by Gasteiger charge is 2.23. The van der Waals surface area contributed by atoms with E-state index in [1.807, 2.05) is 26.0 Å². The van der Waals surface area contributed by atoms with Gasteiger partial charge in [-0.3, -0.25) is 14.6 Å². The molecule has 1 amide bonds. The zero-order valence-corrected chi connectivity index (χ0v) is 14.0. The number of hydrogen-bond acceptors (Lipinski definition) is 3. The molecule has 0 bridgehead atoms. The summed E-state index contributed by atoms with van der Waals surface area (Å²) >= 11 is 0. The van der Waals surface area contributed by atoms with E-state index < -0.39 is 18.0 Å². The average molecular weight is 345 g/mol. The van der Waals surface area contributed by atoms with E-state index in [1.165, 1.54) is 7.05 Å². The van der Waals surface area contributed by atoms with Crippen molar-refractivity contribution < 1.29 is 13.6 Å². The predicted octanol–water partition coefficient (Wildman–Crippen LogP) is 3.62. The third-order valence-electron chi connectivity index (χ3n) is 3.79. The number of aryl methyl sites for hydroxylation is 3. The van der Waals surface area contributed by atoms with E-state index in [9.17, 15) is 13.6 Å². The molecule has 6 nitrogen and oxygen atoms in total. The van der Waals surface area contributed by atoms with E-state index in [0.717, 1.165) is 33.3 Å². The van der Waals surface area contributed by atoms with Crippen molar-refractivity contribution in [1.82, 2.24) is 20.0 Å². The lowest BCUT2D eigenvalue weighted by atomic mass is 10.1. The van der Waals surface area contributed by atoms with Gasteiger partial charge in [-0.25, -0.2) is 8.78 Å². The smallest absolute Gasteiger partial charge is 0.280 e. The number of halogens is 2. The SMILES string of the molecule is Cc1cc(C)cc(-c2cc(NC(=O)c3cnn(C)c3C(F)F)n[nH]2)c1. The van der Waals surface area contributed by atoms with Crippen LogP contribution in [0.4, 0.5) is 14.6 Å². The Bertz CT molecular complexity index is 909. The summed E-state index contributed by atoms with van der Waals surface area (Å²) in [5.41, 5.74) is 3.26. The second kappa shape index (κ2) is 6.46. The highest BCUT2D eigenvalue weighted by atomic mass is 19.3. The van der Waals surface area contributed by atoms with Crippen LogP contribution in [0.5, 0.6) is 0 Å². The summed E-state index contributed by atoms with van der Waals surface area (Å²) in [6.07, 6.45) is -1.67. The lowest BCUT2D eigenvalue weighted by Gasteiger charge is -2.04. The summed E-state index contributed by atoms with van der Waals surface area (Å²) in [6, 6.07) is 7.69. The Hall–Kier alpha value is -3.03. The van der Waals surface area contributed by atoms with Crippen LogP contribution in [0, 0.1) is 13.8 Å². The van der Waals surface area contributed by atoms with Crippen molar-refractivity contribution in [2.75, 3.05) is 5.32 Å². The lowest BCUT2D eigenvalue weighted by molar-refractivity contribution is 0.100. The Morgan fingerprint density at radius 1 is 1.20 bits per heavy atom. The third kappa shape index (κ3) is 3.42. The fraction of sp³-hybridized carbons (Fsp3) is 0.235. The monoisotopic (exact) mass is 345 g/mol. The van der Waals surface area contributed by atoms with Gasteiger partial charge in [0.1, 0.15) is 5.69 Å². The number of aromatic nitrogens is 4. The molecule has 0 radical (unpaired) electrons. The first-order valence-corrected chi connectivity index (χ1v) is 7.60. The van der Waals surface area contributed by atoms with Gasteiger partial charge >= 0.3 is 0 Å². The molecular weight excluding hydrogens is 328 g/mol. The van der Waals surface area contributed by atoms with Gasteiger partial charge in [0, 0.05) is 18.7 Å². The van der Waals surface area contributed by atoms with Crippen LogP contribution in [0.1, 0.15) is 33.6 Å². The molecule has 0 unspecified atom stereocenters. The molecule has 2 heterocycles. The number of nitrogens with one attached hydrogen (secondary N) is 2. The number of nitrogens with zero attached hydrogens (tertiary/aromatic N) is 3. The molecular formula is C17H17F2N5O. The molecule has 3 aromatic rings. The summed E-state index contributed by atoms with van der Waals surface area (Å²) in [5, 5.41) is 13.1. The summed E-state index contributed by atoms with van der Waals surface area (Å²) in [4.78, 5) is 12.3. The number of alkyl halides is 2. The van der Waals surface area contributed by atoms with Crippen molar-refractivity contribution >= 4 is 11.7 Å². The van der Waals surface area contributed by atoms with Gasteiger partial charge in [-0.2, -0.15) is 10.2 Å². The van der Waals surface area contributed by atoms with Crippen molar-refractivity contribution in [3.8, 4) is 11.3 Å². The predicted molar refractivity (Wildman–Crippen MR) is 89.6 cm³/mol. The lowest BCUT2D eigenvalue weighted by Crippen LogP contribution is -2.14. The number of rotatable bonds is 4. The molecule has 0 aliphatic carbocycles. The zero-order chi connectivity index (χ0) is 18.1. The molecule has 3 rings (SSSR count). The first kappa shape index (κ1) is 16.8. The van der Waals surface area contributed by atoms with Crippen LogP contribution in [0.25, 0.3) is 11.3 Å². The number of amides is 1. The number of hydrogen-bond donors (Lipinski definition) is 2. The normalized spacial score (nSPS) is 11.1. The molecule has 0 spiro atoms. The van der Waals surface area contributed by atoms with E-state index >= 15 is 0 Å². The Labute approximate surface area is 142 Å². The molecule has 130 valence electrons. The van der Waals surface area contributed by atoms with Crippen LogP contribution >= 0.6 is 0 Å². The van der Waals surface area contributed by atoms with E-state index in [4.69, 9.17) is 0 Å². The minimum absolute atomic E-state index is 0.173. The van der Waals surface area contributed by atoms with Gasteiger partial charge in [0.2, 0.25) is 0 Å². The quantitative estimate of drug-likeness (QED) is 0.758. The van der Waals surface area contributed by atoms with Crippen LogP contribution < -0.4 is 5.32 Å². The van der Waals surface area contributed by atoms with Gasteiger partial charge < -0.3 is 5.32 Å². The second-order valence-corrected chi connectivity index (χ2v) is 5.87. The minimum atomic E-state index is -2.79. The van der Waals surface area contributed by atoms with Crippen molar-refractivity contribution in [2.24, 2.45) is 7.05 Å². The number of carbonyl (C=O) groups is 1. The number of carbonyl (C=O) groups excluding carboxylic acids is 1. The molecule has 1 aromatic carbocycles. The maximum Gasteiger partial charge on any atom is 0.280 e. The standard InChI is InChI=1S/C17H17F2N5O/c1-9-4-10(2)6-11(5-9)13-7-14(23-22-13)21-17(25)12-8-20-24(3)15(12)16(18)19/h4-8,16H,1-3H3,(H2,21,22,23,25). The number of aromatic amines is 1. The van der Waals surface area contributed by atoms with E-state index in [1.54, 1.807) is 6.07 Å². The first-order valence-electron chi connectivity index (χ1n) is 7.60. The largest absolute Gasteiger partial charge is 0.305 e. The molecule has 2 aromatic heterocycles. The Kier molecular flexibility index (Phi) is 4.35. The molecule has 0 saturated carbocycles. The highest BCUT2D eigenvalue weighted by molar-refractivity contribution is 6.04. The van der Waals surface area contributed by atoms with E-state index in [2.05, 4.69) is 26.7 Å². The van der Waals surface area contributed by atoms with Gasteiger partial charge in [0.05, 0.1) is 17.5 Å². The molecule has 25 heavy (non-hydrogen) atoms. The fourth-order valence-electron chi connectivity index (χ4n) is 2.73. The number of H-pyrrole nitrogens is 1. The molecule has 0 saturated heterocycles.